The zero-order chi connectivity index (χ0) is 20.0. The third-order valence-corrected chi connectivity index (χ3v) is 6.31. The third-order valence-electron chi connectivity index (χ3n) is 6.31. The normalized spacial score (nSPS) is 27.6. The van der Waals surface area contributed by atoms with Gasteiger partial charge in [-0.05, 0) is 63.3 Å². The van der Waals surface area contributed by atoms with Gasteiger partial charge < -0.3 is 10.2 Å². The second-order valence-corrected chi connectivity index (χ2v) is 8.24. The molecule has 4 atom stereocenters. The summed E-state index contributed by atoms with van der Waals surface area (Å²) in [6, 6.07) is 8.04. The molecular weight excluding hydrogens is 354 g/mol. The largest absolute Gasteiger partial charge is 0.369 e. The standard InChI is InChI=1S/C22H27N3O3/c1-4-24(13(2)3)17-9-7-16(8-10-17)23-18(26)12-25-21(27)19-14-5-6-15(11-14)20(19)22(25)28/h5-10,13-15,19-20H,4,11-12H2,1-3H3,(H,23,26). The van der Waals surface area contributed by atoms with E-state index in [0.717, 1.165) is 23.6 Å². The molecule has 3 amide bonds. The zero-order valence-electron chi connectivity index (χ0n) is 16.6. The van der Waals surface area contributed by atoms with Crippen LogP contribution in [-0.2, 0) is 14.4 Å². The molecule has 28 heavy (non-hydrogen) atoms. The Kier molecular flexibility index (Phi) is 4.73. The molecular formula is C22H27N3O3. The molecule has 1 saturated carbocycles. The minimum atomic E-state index is -0.342. The second kappa shape index (κ2) is 7.08. The van der Waals surface area contributed by atoms with E-state index in [-0.39, 0.29) is 47.9 Å². The van der Waals surface area contributed by atoms with Gasteiger partial charge in [-0.25, -0.2) is 0 Å². The lowest BCUT2D eigenvalue weighted by molar-refractivity contribution is -0.143. The van der Waals surface area contributed by atoms with E-state index < -0.39 is 0 Å². The molecule has 2 fully saturated rings. The van der Waals surface area contributed by atoms with Gasteiger partial charge in [0.25, 0.3) is 0 Å². The highest BCUT2D eigenvalue weighted by Crippen LogP contribution is 2.52. The van der Waals surface area contributed by atoms with Gasteiger partial charge in [0.15, 0.2) is 0 Å². The minimum Gasteiger partial charge on any atom is -0.369 e. The van der Waals surface area contributed by atoms with Gasteiger partial charge in [0, 0.05) is 24.0 Å². The maximum absolute atomic E-state index is 12.7. The minimum absolute atomic E-state index is 0.162. The summed E-state index contributed by atoms with van der Waals surface area (Å²) >= 11 is 0. The van der Waals surface area contributed by atoms with E-state index in [1.165, 1.54) is 0 Å². The summed E-state index contributed by atoms with van der Waals surface area (Å²) in [7, 11) is 0. The number of carbonyl (C=O) groups excluding carboxylic acids is 3. The topological polar surface area (TPSA) is 69.7 Å². The fourth-order valence-corrected chi connectivity index (χ4v) is 5.05. The summed E-state index contributed by atoms with van der Waals surface area (Å²) in [4.78, 5) is 41.2. The molecule has 1 aromatic rings. The smallest absolute Gasteiger partial charge is 0.244 e. The molecule has 1 saturated heterocycles. The van der Waals surface area contributed by atoms with Gasteiger partial charge in [0.1, 0.15) is 6.54 Å². The molecule has 2 aliphatic carbocycles. The van der Waals surface area contributed by atoms with Crippen molar-refractivity contribution in [2.75, 3.05) is 23.3 Å². The number of nitrogens with one attached hydrogen (secondary N) is 1. The van der Waals surface area contributed by atoms with Crippen molar-refractivity contribution in [3.63, 3.8) is 0 Å². The quantitative estimate of drug-likeness (QED) is 0.608. The van der Waals surface area contributed by atoms with Crippen molar-refractivity contribution < 1.29 is 14.4 Å². The van der Waals surface area contributed by atoms with Crippen LogP contribution in [0.25, 0.3) is 0 Å². The third kappa shape index (κ3) is 3.01. The fourth-order valence-electron chi connectivity index (χ4n) is 5.05. The number of likely N-dealkylation sites (tertiary alicyclic amines) is 1. The molecule has 2 bridgehead atoms. The van der Waals surface area contributed by atoms with Crippen LogP contribution >= 0.6 is 0 Å². The monoisotopic (exact) mass is 381 g/mol. The maximum atomic E-state index is 12.7. The molecule has 148 valence electrons. The molecule has 6 nitrogen and oxygen atoms in total. The number of hydrogen-bond donors (Lipinski definition) is 1. The Morgan fingerprint density at radius 1 is 1.11 bits per heavy atom. The number of imide groups is 1. The van der Waals surface area contributed by atoms with Crippen LogP contribution in [0.5, 0.6) is 0 Å². The van der Waals surface area contributed by atoms with Crippen molar-refractivity contribution in [1.82, 2.24) is 4.90 Å². The summed E-state index contributed by atoms with van der Waals surface area (Å²) < 4.78 is 0. The van der Waals surface area contributed by atoms with Crippen LogP contribution in [-0.4, -0.2) is 41.8 Å². The first kappa shape index (κ1) is 18.7. The van der Waals surface area contributed by atoms with Crippen molar-refractivity contribution in [2.45, 2.75) is 33.2 Å². The zero-order valence-corrected chi connectivity index (χ0v) is 16.6. The van der Waals surface area contributed by atoms with Crippen LogP contribution in [0.15, 0.2) is 36.4 Å². The molecule has 1 aliphatic heterocycles. The Labute approximate surface area is 165 Å². The number of anilines is 2. The Hall–Kier alpha value is -2.63. The van der Waals surface area contributed by atoms with Crippen molar-refractivity contribution >= 4 is 29.1 Å². The number of hydrogen-bond acceptors (Lipinski definition) is 4. The van der Waals surface area contributed by atoms with E-state index >= 15 is 0 Å². The van der Waals surface area contributed by atoms with Gasteiger partial charge in [-0.1, -0.05) is 12.2 Å². The first-order chi connectivity index (χ1) is 13.4. The maximum Gasteiger partial charge on any atom is 0.244 e. The SMILES string of the molecule is CCN(c1ccc(NC(=O)CN2C(=O)C3C4C=CC(C4)C3C2=O)cc1)C(C)C. The molecule has 1 N–H and O–H groups in total. The first-order valence-electron chi connectivity index (χ1n) is 10.1. The number of fused-ring (bicyclic) bond motifs is 5. The lowest BCUT2D eigenvalue weighted by Gasteiger charge is -2.27. The average Bonchev–Trinajstić information content (AvgIpc) is 3.33. The summed E-state index contributed by atoms with van der Waals surface area (Å²) in [6.07, 6.45) is 5.00. The van der Waals surface area contributed by atoms with Crippen molar-refractivity contribution in [3.8, 4) is 0 Å². The molecule has 0 spiro atoms. The van der Waals surface area contributed by atoms with Crippen LogP contribution < -0.4 is 10.2 Å². The van der Waals surface area contributed by atoms with Crippen molar-refractivity contribution in [1.29, 1.82) is 0 Å². The van der Waals surface area contributed by atoms with Gasteiger partial charge in [0.2, 0.25) is 17.7 Å². The molecule has 0 aromatic heterocycles. The molecule has 1 heterocycles. The number of carbonyl (C=O) groups is 3. The lowest BCUT2D eigenvalue weighted by atomic mass is 9.85. The Balaban J connectivity index is 1.39. The Morgan fingerprint density at radius 2 is 1.68 bits per heavy atom. The predicted molar refractivity (Wildman–Crippen MR) is 108 cm³/mol. The highest BCUT2D eigenvalue weighted by atomic mass is 16.2. The Morgan fingerprint density at radius 3 is 2.18 bits per heavy atom. The van der Waals surface area contributed by atoms with Gasteiger partial charge in [-0.3, -0.25) is 19.3 Å². The first-order valence-corrected chi connectivity index (χ1v) is 10.1. The predicted octanol–water partition coefficient (Wildman–Crippen LogP) is 2.67. The number of rotatable bonds is 6. The van der Waals surface area contributed by atoms with Gasteiger partial charge in [-0.2, -0.15) is 0 Å². The molecule has 4 rings (SSSR count). The second-order valence-electron chi connectivity index (χ2n) is 8.24. The van der Waals surface area contributed by atoms with Crippen LogP contribution in [0.2, 0.25) is 0 Å². The van der Waals surface area contributed by atoms with Crippen molar-refractivity contribution in [2.24, 2.45) is 23.7 Å². The molecule has 1 aromatic carbocycles. The molecule has 0 radical (unpaired) electrons. The van der Waals surface area contributed by atoms with E-state index in [0.29, 0.717) is 11.7 Å². The summed E-state index contributed by atoms with van der Waals surface area (Å²) in [5.41, 5.74) is 1.76. The highest BCUT2D eigenvalue weighted by Gasteiger charge is 2.59. The summed E-state index contributed by atoms with van der Waals surface area (Å²) in [5, 5.41) is 2.81. The van der Waals surface area contributed by atoms with E-state index in [4.69, 9.17) is 0 Å². The van der Waals surface area contributed by atoms with E-state index in [9.17, 15) is 14.4 Å². The van der Waals surface area contributed by atoms with Crippen LogP contribution in [0.1, 0.15) is 27.2 Å². The number of allylic oxidation sites excluding steroid dienone is 2. The molecule has 6 heteroatoms. The van der Waals surface area contributed by atoms with E-state index in [1.54, 1.807) is 0 Å². The van der Waals surface area contributed by atoms with Gasteiger partial charge in [-0.15, -0.1) is 0 Å². The number of benzene rings is 1. The summed E-state index contributed by atoms with van der Waals surface area (Å²) in [6.45, 7) is 7.08. The highest BCUT2D eigenvalue weighted by molar-refractivity contribution is 6.09. The summed E-state index contributed by atoms with van der Waals surface area (Å²) in [5.74, 6) is -0.910. The van der Waals surface area contributed by atoms with Gasteiger partial charge in [0.05, 0.1) is 11.8 Å². The average molecular weight is 381 g/mol. The number of nitrogens with zero attached hydrogens (tertiary/aromatic N) is 2. The lowest BCUT2D eigenvalue weighted by Crippen LogP contribution is -2.39. The van der Waals surface area contributed by atoms with Crippen LogP contribution in [0.3, 0.4) is 0 Å². The molecule has 3 aliphatic rings. The van der Waals surface area contributed by atoms with E-state index in [1.807, 2.05) is 24.3 Å². The Bertz CT molecular complexity index is 800. The van der Waals surface area contributed by atoms with E-state index in [2.05, 4.69) is 43.1 Å². The van der Waals surface area contributed by atoms with Crippen molar-refractivity contribution in [3.05, 3.63) is 36.4 Å². The fraction of sp³-hybridized carbons (Fsp3) is 0.500. The van der Waals surface area contributed by atoms with Gasteiger partial charge >= 0.3 is 0 Å². The number of amides is 3. The van der Waals surface area contributed by atoms with Crippen LogP contribution in [0, 0.1) is 23.7 Å². The molecule has 4 unspecified atom stereocenters. The van der Waals surface area contributed by atoms with Crippen LogP contribution in [0.4, 0.5) is 11.4 Å².